The first-order valence-electron chi connectivity index (χ1n) is 18.9. The number of rotatable bonds is 14. The van der Waals surface area contributed by atoms with E-state index in [-0.39, 0.29) is 49.4 Å². The Morgan fingerprint density at radius 2 is 1.75 bits per heavy atom. The van der Waals surface area contributed by atoms with Gasteiger partial charge in [-0.2, -0.15) is 0 Å². The van der Waals surface area contributed by atoms with Crippen LogP contribution in [0.25, 0.3) is 5.00 Å². The molecule has 0 saturated carbocycles. The minimum atomic E-state index is -0.714. The Morgan fingerprint density at radius 1 is 0.964 bits per heavy atom. The van der Waals surface area contributed by atoms with E-state index in [1.165, 1.54) is 9.78 Å². The number of nitrogens with zero attached hydrogens (tertiary/aromatic N) is 5. The minimum absolute atomic E-state index is 0.123. The highest BCUT2D eigenvalue weighted by atomic mass is 35.5. The van der Waals surface area contributed by atoms with Gasteiger partial charge in [-0.25, -0.2) is 0 Å². The lowest BCUT2D eigenvalue weighted by Gasteiger charge is -2.29. The highest BCUT2D eigenvalue weighted by Crippen LogP contribution is 2.40. The van der Waals surface area contributed by atoms with E-state index in [0.29, 0.717) is 53.6 Å². The molecule has 0 aliphatic carbocycles. The Labute approximate surface area is 333 Å². The predicted octanol–water partition coefficient (Wildman–Crippen LogP) is 4.86. The number of halogens is 1. The highest BCUT2D eigenvalue weighted by molar-refractivity contribution is 7.15. The molecule has 0 spiro atoms. The molecule has 7 rings (SSSR count). The third kappa shape index (κ3) is 8.15. The summed E-state index contributed by atoms with van der Waals surface area (Å²) >= 11 is 7.89. The molecule has 0 bridgehead atoms. The van der Waals surface area contributed by atoms with Crippen LogP contribution >= 0.6 is 22.9 Å². The Bertz CT molecular complexity index is 2230. The van der Waals surface area contributed by atoms with Crippen molar-refractivity contribution < 1.29 is 24.0 Å². The molecule has 14 nitrogen and oxygen atoms in total. The number of benzene rings is 2. The molecule has 5 amide bonds. The van der Waals surface area contributed by atoms with Crippen molar-refractivity contribution in [2.24, 2.45) is 4.99 Å². The smallest absolute Gasteiger partial charge is 0.255 e. The number of anilines is 1. The van der Waals surface area contributed by atoms with Crippen LogP contribution in [0.5, 0.6) is 0 Å². The summed E-state index contributed by atoms with van der Waals surface area (Å²) in [5, 5.41) is 22.2. The lowest BCUT2D eigenvalue weighted by molar-refractivity contribution is -0.137. The van der Waals surface area contributed by atoms with Gasteiger partial charge in [0.1, 0.15) is 22.9 Å². The van der Waals surface area contributed by atoms with Gasteiger partial charge in [0, 0.05) is 63.8 Å². The van der Waals surface area contributed by atoms with Crippen LogP contribution in [0.3, 0.4) is 0 Å². The van der Waals surface area contributed by atoms with E-state index in [1.807, 2.05) is 35.8 Å². The molecule has 0 radical (unpaired) electrons. The molecule has 3 aliphatic rings. The first-order valence-corrected chi connectivity index (χ1v) is 20.1. The number of unbranched alkanes of at least 4 members (excludes halogenated alkanes) is 1. The van der Waals surface area contributed by atoms with E-state index in [1.54, 1.807) is 29.5 Å². The number of hydrogen-bond acceptors (Lipinski definition) is 10. The highest BCUT2D eigenvalue weighted by Gasteiger charge is 2.40. The Balaban J connectivity index is 0.845. The standard InChI is InChI=1S/C40H44ClN9O5S/c1-22-23(2)56-40-35(22)36(25-11-13-26(41)14-12-25)45-30(37-48-47-24(3)50(37)40)20-34(53)43-19-7-18-42-17-5-4-10-32(51)44-29-9-6-8-27-28(29)21-49(39(27)55)31-15-16-33(52)46-38(31)54/h6,8-9,11-14,30-31,42H,4-5,7,10,15-21H2,1-3H3,(H,43,53)(H,44,51)(H,46,52,54)/t30-,31?/m0/s1. The predicted molar refractivity (Wildman–Crippen MR) is 213 cm³/mol. The summed E-state index contributed by atoms with van der Waals surface area (Å²) in [7, 11) is 0. The lowest BCUT2D eigenvalue weighted by Crippen LogP contribution is -2.52. The van der Waals surface area contributed by atoms with Crippen molar-refractivity contribution in [1.29, 1.82) is 0 Å². The number of carbonyl (C=O) groups is 5. The second kappa shape index (κ2) is 16.9. The normalized spacial score (nSPS) is 17.5. The van der Waals surface area contributed by atoms with Gasteiger partial charge in [-0.15, -0.1) is 21.5 Å². The number of piperidine rings is 1. The van der Waals surface area contributed by atoms with Gasteiger partial charge in [0.15, 0.2) is 5.82 Å². The van der Waals surface area contributed by atoms with Crippen molar-refractivity contribution in [3.05, 3.63) is 91.8 Å². The van der Waals surface area contributed by atoms with Crippen LogP contribution in [-0.2, 0) is 25.7 Å². The third-order valence-electron chi connectivity index (χ3n) is 10.5. The molecule has 4 aromatic rings. The van der Waals surface area contributed by atoms with Gasteiger partial charge in [-0.1, -0.05) is 29.8 Å². The van der Waals surface area contributed by atoms with E-state index in [2.05, 4.69) is 45.3 Å². The summed E-state index contributed by atoms with van der Waals surface area (Å²) in [5.74, 6) is 0.0138. The van der Waals surface area contributed by atoms with Gasteiger partial charge in [0.2, 0.25) is 23.6 Å². The first-order chi connectivity index (χ1) is 27.0. The van der Waals surface area contributed by atoms with E-state index in [9.17, 15) is 24.0 Å². The summed E-state index contributed by atoms with van der Waals surface area (Å²) in [5.41, 5.74) is 5.57. The van der Waals surface area contributed by atoms with E-state index in [4.69, 9.17) is 16.6 Å². The molecule has 16 heteroatoms. The molecule has 2 aromatic heterocycles. The number of amides is 5. The maximum absolute atomic E-state index is 13.3. The molecule has 3 aliphatic heterocycles. The zero-order valence-electron chi connectivity index (χ0n) is 31.5. The molecule has 292 valence electrons. The van der Waals surface area contributed by atoms with Crippen LogP contribution in [-0.4, -0.2) is 80.6 Å². The number of aliphatic imine (C=N–C) groups is 1. The fourth-order valence-electron chi connectivity index (χ4n) is 7.40. The quantitative estimate of drug-likeness (QED) is 0.103. The zero-order valence-corrected chi connectivity index (χ0v) is 33.1. The van der Waals surface area contributed by atoms with Gasteiger partial charge in [0.05, 0.1) is 12.1 Å². The van der Waals surface area contributed by atoms with Crippen molar-refractivity contribution >= 4 is 63.9 Å². The number of carbonyl (C=O) groups excluding carboxylic acids is 5. The Hall–Kier alpha value is -5.25. The molecular formula is C40H44ClN9O5S. The number of nitrogens with one attached hydrogen (secondary N) is 4. The van der Waals surface area contributed by atoms with Gasteiger partial charge in [0.25, 0.3) is 5.91 Å². The van der Waals surface area contributed by atoms with Gasteiger partial charge >= 0.3 is 0 Å². The van der Waals surface area contributed by atoms with E-state index in [0.717, 1.165) is 52.6 Å². The second-order valence-corrected chi connectivity index (χ2v) is 15.9. The molecule has 2 atom stereocenters. The molecule has 1 saturated heterocycles. The van der Waals surface area contributed by atoms with Gasteiger partial charge < -0.3 is 20.9 Å². The number of hydrogen-bond donors (Lipinski definition) is 4. The SMILES string of the molecule is Cc1sc2c(c1C)C(c1ccc(Cl)cc1)=N[C@@H](CC(=O)NCCCNCCCCC(=O)Nc1cccc3c1CN(C1CCC(=O)NC1=O)C3=O)c1nnc(C)n1-2. The molecule has 1 unspecified atom stereocenters. The van der Waals surface area contributed by atoms with Crippen LogP contribution in [0.15, 0.2) is 47.5 Å². The monoisotopic (exact) mass is 797 g/mol. The van der Waals surface area contributed by atoms with Crippen molar-refractivity contribution in [3.63, 3.8) is 0 Å². The van der Waals surface area contributed by atoms with Crippen LogP contribution in [0, 0.1) is 20.8 Å². The largest absolute Gasteiger partial charge is 0.356 e. The summed E-state index contributed by atoms with van der Waals surface area (Å²) in [6.45, 7) is 8.22. The number of imide groups is 1. The number of aromatic nitrogens is 3. The molecule has 5 heterocycles. The molecule has 4 N–H and O–H groups in total. The average molecular weight is 798 g/mol. The molecule has 56 heavy (non-hydrogen) atoms. The number of thiophene rings is 1. The third-order valence-corrected chi connectivity index (χ3v) is 11.9. The van der Waals surface area contributed by atoms with E-state index < -0.39 is 18.0 Å². The zero-order chi connectivity index (χ0) is 39.5. The van der Waals surface area contributed by atoms with Crippen LogP contribution in [0.1, 0.15) is 100 Å². The first kappa shape index (κ1) is 39.0. The van der Waals surface area contributed by atoms with Gasteiger partial charge in [-0.05, 0) is 89.4 Å². The second-order valence-electron chi connectivity index (χ2n) is 14.3. The minimum Gasteiger partial charge on any atom is -0.356 e. The molecule has 1 fully saturated rings. The van der Waals surface area contributed by atoms with Crippen molar-refractivity contribution in [3.8, 4) is 5.00 Å². The van der Waals surface area contributed by atoms with Crippen LogP contribution in [0.2, 0.25) is 5.02 Å². The number of aryl methyl sites for hydroxylation is 2. The topological polar surface area (TPSA) is 180 Å². The molecular weight excluding hydrogens is 754 g/mol. The lowest BCUT2D eigenvalue weighted by atomic mass is 9.99. The molecule has 2 aromatic carbocycles. The van der Waals surface area contributed by atoms with Crippen molar-refractivity contribution in [2.75, 3.05) is 25.0 Å². The van der Waals surface area contributed by atoms with Gasteiger partial charge in [-0.3, -0.25) is 38.8 Å². The van der Waals surface area contributed by atoms with Crippen LogP contribution < -0.4 is 21.3 Å². The maximum Gasteiger partial charge on any atom is 0.255 e. The maximum atomic E-state index is 13.3. The Kier molecular flexibility index (Phi) is 11.7. The van der Waals surface area contributed by atoms with Crippen molar-refractivity contribution in [2.45, 2.75) is 84.3 Å². The summed E-state index contributed by atoms with van der Waals surface area (Å²) in [4.78, 5) is 71.0. The summed E-state index contributed by atoms with van der Waals surface area (Å²) in [6, 6.07) is 11.5. The van der Waals surface area contributed by atoms with Crippen LogP contribution in [0.4, 0.5) is 5.69 Å². The summed E-state index contributed by atoms with van der Waals surface area (Å²) < 4.78 is 2.03. The van der Waals surface area contributed by atoms with Crippen molar-refractivity contribution in [1.82, 2.24) is 35.6 Å². The Morgan fingerprint density at radius 3 is 2.54 bits per heavy atom. The summed E-state index contributed by atoms with van der Waals surface area (Å²) in [6.07, 6.45) is 3.08. The number of fused-ring (bicyclic) bond motifs is 4. The fraction of sp³-hybridized carbons (Fsp3) is 0.400. The fourth-order valence-corrected chi connectivity index (χ4v) is 8.74. The van der Waals surface area contributed by atoms with E-state index >= 15 is 0 Å². The average Bonchev–Trinajstić information content (AvgIpc) is 3.78.